The number of methoxy groups -OCH3 is 1. The van der Waals surface area contributed by atoms with Crippen LogP contribution in [-0.4, -0.2) is 38.2 Å². The smallest absolute Gasteiger partial charge is 0.416 e. The Bertz CT molecular complexity index is 1240. The Kier molecular flexibility index (Phi) is 7.92. The number of hydrogen-bond acceptors (Lipinski definition) is 6. The second-order valence-corrected chi connectivity index (χ2v) is 8.97. The number of sulfonamides is 1. The molecule has 0 bridgehead atoms. The Labute approximate surface area is 193 Å². The van der Waals surface area contributed by atoms with Gasteiger partial charge in [-0.3, -0.25) is 9.11 Å². The molecule has 0 aliphatic rings. The van der Waals surface area contributed by atoms with Crippen LogP contribution < -0.4 is 14.2 Å². The molecule has 3 aromatic rings. The quantitative estimate of drug-likeness (QED) is 0.401. The van der Waals surface area contributed by atoms with Crippen molar-refractivity contribution in [2.45, 2.75) is 19.2 Å². The van der Waals surface area contributed by atoms with Gasteiger partial charge in [0, 0.05) is 5.56 Å². The number of halogens is 4. The van der Waals surface area contributed by atoms with Gasteiger partial charge in [0.05, 0.1) is 30.8 Å². The minimum Gasteiger partial charge on any atom is -0.489 e. The Morgan fingerprint density at radius 1 is 1.03 bits per heavy atom. The van der Waals surface area contributed by atoms with Crippen molar-refractivity contribution in [2.75, 3.05) is 24.3 Å². The van der Waals surface area contributed by atoms with Gasteiger partial charge in [0.1, 0.15) is 18.0 Å². The van der Waals surface area contributed by atoms with E-state index < -0.39 is 34.2 Å². The van der Waals surface area contributed by atoms with Crippen molar-refractivity contribution in [3.8, 4) is 22.9 Å². The topological polar surface area (TPSA) is 90.4 Å². The van der Waals surface area contributed by atoms with Crippen LogP contribution >= 0.6 is 0 Å². The average molecular weight is 499 g/mol. The first-order valence-electron chi connectivity index (χ1n) is 9.99. The minimum absolute atomic E-state index is 0.0293. The number of alkyl halides is 4. The molecule has 2 aromatic carbocycles. The molecule has 0 aliphatic heterocycles. The maximum Gasteiger partial charge on any atom is 0.416 e. The molecule has 0 atom stereocenters. The number of anilines is 1. The highest BCUT2D eigenvalue weighted by molar-refractivity contribution is 7.92. The van der Waals surface area contributed by atoms with Crippen LogP contribution in [0.3, 0.4) is 0 Å². The standard InChI is InChI=1S/C22H21F4N3O4S/c1-32-21-20(29-34(30,31)10-4-9-23)13-19(27-28-21)16-6-3-8-18(12-16)33-14-15-5-2-7-17(11-15)22(24,25)26/h2-3,5-8,11-13H,4,9-10,14H2,1H3,(H,27,29). The summed E-state index contributed by atoms with van der Waals surface area (Å²) < 4.78 is 88.4. The molecule has 0 radical (unpaired) electrons. The normalized spacial score (nSPS) is 11.8. The molecule has 0 fully saturated rings. The van der Waals surface area contributed by atoms with Gasteiger partial charge in [0.2, 0.25) is 10.0 Å². The monoisotopic (exact) mass is 499 g/mol. The third kappa shape index (κ3) is 6.80. The van der Waals surface area contributed by atoms with Crippen molar-refractivity contribution >= 4 is 15.7 Å². The maximum atomic E-state index is 12.9. The van der Waals surface area contributed by atoms with Gasteiger partial charge < -0.3 is 9.47 Å². The van der Waals surface area contributed by atoms with Crippen LogP contribution in [0.4, 0.5) is 23.2 Å². The molecule has 0 saturated heterocycles. The Morgan fingerprint density at radius 3 is 2.50 bits per heavy atom. The average Bonchev–Trinajstić information content (AvgIpc) is 2.81. The molecule has 1 aromatic heterocycles. The number of aromatic nitrogens is 2. The van der Waals surface area contributed by atoms with E-state index in [1.165, 1.54) is 25.3 Å². The lowest BCUT2D eigenvalue weighted by atomic mass is 10.1. The SMILES string of the molecule is COc1nnc(-c2cccc(OCc3cccc(C(F)(F)F)c3)c2)cc1NS(=O)(=O)CCCF. The third-order valence-corrected chi connectivity index (χ3v) is 5.91. The zero-order valence-corrected chi connectivity index (χ0v) is 18.8. The fourth-order valence-corrected chi connectivity index (χ4v) is 4.03. The van der Waals surface area contributed by atoms with E-state index in [2.05, 4.69) is 14.9 Å². The van der Waals surface area contributed by atoms with Crippen molar-refractivity contribution in [3.63, 3.8) is 0 Å². The fraction of sp³-hybridized carbons (Fsp3) is 0.273. The van der Waals surface area contributed by atoms with E-state index in [4.69, 9.17) is 9.47 Å². The Balaban J connectivity index is 1.80. The molecule has 0 unspecified atom stereocenters. The van der Waals surface area contributed by atoms with E-state index in [9.17, 15) is 26.0 Å². The van der Waals surface area contributed by atoms with Crippen LogP contribution in [0.2, 0.25) is 0 Å². The molecule has 1 heterocycles. The number of nitrogens with one attached hydrogen (secondary N) is 1. The molecular weight excluding hydrogens is 478 g/mol. The first-order chi connectivity index (χ1) is 16.1. The number of ether oxygens (including phenoxy) is 2. The van der Waals surface area contributed by atoms with Crippen LogP contribution in [0.5, 0.6) is 11.6 Å². The third-order valence-electron chi connectivity index (χ3n) is 4.56. The van der Waals surface area contributed by atoms with Crippen molar-refractivity contribution in [3.05, 3.63) is 65.7 Å². The molecule has 0 amide bonds. The first kappa shape index (κ1) is 25.2. The summed E-state index contributed by atoms with van der Waals surface area (Å²) in [5, 5.41) is 7.89. The molecular formula is C22H21F4N3O4S. The Hall–Kier alpha value is -3.41. The van der Waals surface area contributed by atoms with Gasteiger partial charge in [-0.15, -0.1) is 10.2 Å². The van der Waals surface area contributed by atoms with Gasteiger partial charge in [0.15, 0.2) is 0 Å². The second kappa shape index (κ2) is 10.7. The first-order valence-corrected chi connectivity index (χ1v) is 11.6. The largest absolute Gasteiger partial charge is 0.489 e. The van der Waals surface area contributed by atoms with Gasteiger partial charge >= 0.3 is 6.18 Å². The lowest BCUT2D eigenvalue weighted by molar-refractivity contribution is -0.137. The predicted octanol–water partition coefficient (Wildman–Crippen LogP) is 4.85. The van der Waals surface area contributed by atoms with Crippen LogP contribution in [0.1, 0.15) is 17.5 Å². The molecule has 182 valence electrons. The molecule has 7 nitrogen and oxygen atoms in total. The lowest BCUT2D eigenvalue weighted by Crippen LogP contribution is -2.18. The van der Waals surface area contributed by atoms with Crippen LogP contribution in [-0.2, 0) is 22.8 Å². The molecule has 0 spiro atoms. The number of nitrogens with zero attached hydrogens (tertiary/aromatic N) is 2. The van der Waals surface area contributed by atoms with Crippen molar-refractivity contribution in [1.29, 1.82) is 0 Å². The molecule has 3 rings (SSSR count). The maximum absolute atomic E-state index is 12.9. The highest BCUT2D eigenvalue weighted by atomic mass is 32.2. The molecule has 1 N–H and O–H groups in total. The number of benzene rings is 2. The van der Waals surface area contributed by atoms with Crippen LogP contribution in [0.15, 0.2) is 54.6 Å². The molecule has 0 saturated carbocycles. The van der Waals surface area contributed by atoms with E-state index in [0.717, 1.165) is 12.1 Å². The van der Waals surface area contributed by atoms with Gasteiger partial charge in [-0.25, -0.2) is 8.42 Å². The summed E-state index contributed by atoms with van der Waals surface area (Å²) in [5.74, 6) is -0.120. The molecule has 12 heteroatoms. The number of hydrogen-bond donors (Lipinski definition) is 1. The minimum atomic E-state index is -4.45. The number of rotatable bonds is 10. The summed E-state index contributed by atoms with van der Waals surface area (Å²) in [7, 11) is -2.54. The van der Waals surface area contributed by atoms with E-state index in [1.54, 1.807) is 24.3 Å². The summed E-state index contributed by atoms with van der Waals surface area (Å²) in [6.07, 6.45) is -4.61. The van der Waals surface area contributed by atoms with Crippen LogP contribution in [0, 0.1) is 0 Å². The van der Waals surface area contributed by atoms with Crippen molar-refractivity contribution in [1.82, 2.24) is 10.2 Å². The van der Waals surface area contributed by atoms with Gasteiger partial charge in [-0.2, -0.15) is 13.2 Å². The summed E-state index contributed by atoms with van der Waals surface area (Å²) in [6, 6.07) is 12.8. The molecule has 0 aliphatic carbocycles. The lowest BCUT2D eigenvalue weighted by Gasteiger charge is -2.12. The van der Waals surface area contributed by atoms with E-state index in [0.29, 0.717) is 16.9 Å². The van der Waals surface area contributed by atoms with Gasteiger partial charge in [-0.1, -0.05) is 24.3 Å². The zero-order chi connectivity index (χ0) is 24.8. The highest BCUT2D eigenvalue weighted by Gasteiger charge is 2.30. The predicted molar refractivity (Wildman–Crippen MR) is 118 cm³/mol. The summed E-state index contributed by atoms with van der Waals surface area (Å²) in [4.78, 5) is 0. The zero-order valence-electron chi connectivity index (χ0n) is 18.0. The van der Waals surface area contributed by atoms with E-state index in [1.807, 2.05) is 0 Å². The summed E-state index contributed by atoms with van der Waals surface area (Å²) in [6.45, 7) is -0.869. The van der Waals surface area contributed by atoms with Crippen molar-refractivity contribution < 1.29 is 35.5 Å². The van der Waals surface area contributed by atoms with E-state index in [-0.39, 0.29) is 30.3 Å². The summed E-state index contributed by atoms with van der Waals surface area (Å²) in [5.41, 5.74) is 0.405. The molecule has 34 heavy (non-hydrogen) atoms. The summed E-state index contributed by atoms with van der Waals surface area (Å²) >= 11 is 0. The van der Waals surface area contributed by atoms with Gasteiger partial charge in [0.25, 0.3) is 5.88 Å². The highest BCUT2D eigenvalue weighted by Crippen LogP contribution is 2.31. The fourth-order valence-electron chi connectivity index (χ4n) is 2.96. The van der Waals surface area contributed by atoms with Gasteiger partial charge in [-0.05, 0) is 42.3 Å². The van der Waals surface area contributed by atoms with Crippen molar-refractivity contribution in [2.24, 2.45) is 0 Å². The Morgan fingerprint density at radius 2 is 1.79 bits per heavy atom. The van der Waals surface area contributed by atoms with E-state index >= 15 is 0 Å². The van der Waals surface area contributed by atoms with Crippen LogP contribution in [0.25, 0.3) is 11.3 Å². The second-order valence-electron chi connectivity index (χ2n) is 7.13.